The second kappa shape index (κ2) is 7.36. The summed E-state index contributed by atoms with van der Waals surface area (Å²) in [5.41, 5.74) is 6.97. The van der Waals surface area contributed by atoms with Gasteiger partial charge in [-0.25, -0.2) is 0 Å². The average Bonchev–Trinajstić information content (AvgIpc) is 2.48. The summed E-state index contributed by atoms with van der Waals surface area (Å²) in [6.07, 6.45) is 5.81. The molecule has 1 aromatic carbocycles. The van der Waals surface area contributed by atoms with Crippen LogP contribution >= 0.6 is 0 Å². The maximum atomic E-state index is 10.6. The first-order valence-corrected chi connectivity index (χ1v) is 7.25. The van der Waals surface area contributed by atoms with Crippen LogP contribution in [0.3, 0.4) is 0 Å². The van der Waals surface area contributed by atoms with Crippen molar-refractivity contribution < 1.29 is 9.66 Å². The van der Waals surface area contributed by atoms with Crippen molar-refractivity contribution in [2.75, 3.05) is 13.2 Å². The third-order valence-electron chi connectivity index (χ3n) is 4.01. The molecule has 1 aliphatic carbocycles. The zero-order chi connectivity index (χ0) is 14.4. The van der Waals surface area contributed by atoms with Crippen molar-refractivity contribution in [2.24, 2.45) is 11.7 Å². The molecule has 0 bridgehead atoms. The Morgan fingerprint density at radius 3 is 2.60 bits per heavy atom. The van der Waals surface area contributed by atoms with Gasteiger partial charge in [0.2, 0.25) is 0 Å². The molecule has 0 heterocycles. The van der Waals surface area contributed by atoms with Gasteiger partial charge in [-0.15, -0.1) is 0 Å². The predicted molar refractivity (Wildman–Crippen MR) is 77.6 cm³/mol. The van der Waals surface area contributed by atoms with Gasteiger partial charge in [0.15, 0.2) is 0 Å². The van der Waals surface area contributed by atoms with Gasteiger partial charge in [-0.2, -0.15) is 0 Å². The summed E-state index contributed by atoms with van der Waals surface area (Å²) < 4.78 is 5.95. The van der Waals surface area contributed by atoms with Crippen molar-refractivity contribution in [1.82, 2.24) is 0 Å². The minimum absolute atomic E-state index is 0.130. The lowest BCUT2D eigenvalue weighted by Crippen LogP contribution is -2.33. The van der Waals surface area contributed by atoms with E-state index in [-0.39, 0.29) is 16.7 Å². The number of nitrogens with zero attached hydrogens (tertiary/aromatic N) is 1. The molecule has 5 heteroatoms. The lowest BCUT2D eigenvalue weighted by molar-refractivity contribution is -0.384. The van der Waals surface area contributed by atoms with Crippen molar-refractivity contribution in [3.05, 3.63) is 39.9 Å². The summed E-state index contributed by atoms with van der Waals surface area (Å²) in [4.78, 5) is 10.2. The molecule has 20 heavy (non-hydrogen) atoms. The van der Waals surface area contributed by atoms with Crippen LogP contribution in [0.1, 0.15) is 31.2 Å². The molecular weight excluding hydrogens is 256 g/mol. The molecule has 0 radical (unpaired) electrons. The smallest absolute Gasteiger partial charge is 0.269 e. The van der Waals surface area contributed by atoms with Crippen LogP contribution in [0.4, 0.5) is 5.69 Å². The lowest BCUT2D eigenvalue weighted by Gasteiger charge is -2.30. The van der Waals surface area contributed by atoms with E-state index in [4.69, 9.17) is 10.5 Å². The van der Waals surface area contributed by atoms with Crippen LogP contribution in [0.25, 0.3) is 0 Å². The molecule has 5 nitrogen and oxygen atoms in total. The number of ether oxygens (including phenoxy) is 1. The van der Waals surface area contributed by atoms with E-state index in [0.717, 1.165) is 18.4 Å². The molecule has 1 saturated carbocycles. The summed E-state index contributed by atoms with van der Waals surface area (Å²) in [5, 5.41) is 10.6. The van der Waals surface area contributed by atoms with Crippen LogP contribution in [0.2, 0.25) is 0 Å². The largest absolute Gasteiger partial charge is 0.378 e. The molecular formula is C15H22N2O3. The fraction of sp³-hybridized carbons (Fsp3) is 0.600. The minimum atomic E-state index is -0.381. The zero-order valence-corrected chi connectivity index (χ0v) is 11.7. The molecule has 2 unspecified atom stereocenters. The van der Waals surface area contributed by atoms with E-state index in [1.54, 1.807) is 24.3 Å². The Morgan fingerprint density at radius 1 is 1.25 bits per heavy atom. The van der Waals surface area contributed by atoms with Crippen LogP contribution in [-0.2, 0) is 11.2 Å². The third-order valence-corrected chi connectivity index (χ3v) is 4.01. The molecule has 1 fully saturated rings. The number of nitro benzene ring substituents is 1. The summed E-state index contributed by atoms with van der Waals surface area (Å²) >= 11 is 0. The monoisotopic (exact) mass is 278 g/mol. The topological polar surface area (TPSA) is 78.4 Å². The van der Waals surface area contributed by atoms with E-state index in [9.17, 15) is 10.1 Å². The van der Waals surface area contributed by atoms with E-state index < -0.39 is 0 Å². The van der Waals surface area contributed by atoms with Crippen LogP contribution in [0, 0.1) is 16.0 Å². The second-order valence-electron chi connectivity index (χ2n) is 5.36. The SMILES string of the molecule is NCC1CCCCC1OCCc1ccc([N+](=O)[O-])cc1. The zero-order valence-electron chi connectivity index (χ0n) is 11.7. The first kappa shape index (κ1) is 14.9. The van der Waals surface area contributed by atoms with Gasteiger partial charge in [0.25, 0.3) is 5.69 Å². The first-order chi connectivity index (χ1) is 9.70. The van der Waals surface area contributed by atoms with E-state index in [1.807, 2.05) is 0 Å². The van der Waals surface area contributed by atoms with E-state index in [2.05, 4.69) is 0 Å². The van der Waals surface area contributed by atoms with Gasteiger partial charge in [-0.3, -0.25) is 10.1 Å². The quantitative estimate of drug-likeness (QED) is 0.641. The highest BCUT2D eigenvalue weighted by Crippen LogP contribution is 2.26. The van der Waals surface area contributed by atoms with E-state index >= 15 is 0 Å². The molecule has 0 amide bonds. The molecule has 1 aromatic rings. The number of non-ortho nitro benzene ring substituents is 1. The number of benzene rings is 1. The highest BCUT2D eigenvalue weighted by molar-refractivity contribution is 5.32. The van der Waals surface area contributed by atoms with Gasteiger partial charge in [0, 0.05) is 12.1 Å². The summed E-state index contributed by atoms with van der Waals surface area (Å²) in [6.45, 7) is 1.35. The first-order valence-electron chi connectivity index (χ1n) is 7.25. The van der Waals surface area contributed by atoms with E-state index in [1.165, 1.54) is 19.3 Å². The maximum Gasteiger partial charge on any atom is 0.269 e. The third kappa shape index (κ3) is 4.02. The average molecular weight is 278 g/mol. The minimum Gasteiger partial charge on any atom is -0.378 e. The van der Waals surface area contributed by atoms with Crippen molar-refractivity contribution in [1.29, 1.82) is 0 Å². The Balaban J connectivity index is 1.78. The highest BCUT2D eigenvalue weighted by atomic mass is 16.6. The predicted octanol–water partition coefficient (Wildman–Crippen LogP) is 2.67. The summed E-state index contributed by atoms with van der Waals surface area (Å²) in [7, 11) is 0. The molecule has 0 aromatic heterocycles. The van der Waals surface area contributed by atoms with Crippen LogP contribution in [0.15, 0.2) is 24.3 Å². The fourth-order valence-electron chi connectivity index (χ4n) is 2.78. The van der Waals surface area contributed by atoms with Crippen molar-refractivity contribution in [2.45, 2.75) is 38.2 Å². The molecule has 2 atom stereocenters. The Labute approximate surface area is 119 Å². The van der Waals surface area contributed by atoms with Crippen molar-refractivity contribution in [3.8, 4) is 0 Å². The standard InChI is InChI=1S/C15H22N2O3/c16-11-13-3-1-2-4-15(13)20-10-9-12-5-7-14(8-6-12)17(18)19/h5-8,13,15H,1-4,9-11,16H2. The van der Waals surface area contributed by atoms with Crippen LogP contribution < -0.4 is 5.73 Å². The van der Waals surface area contributed by atoms with Gasteiger partial charge < -0.3 is 10.5 Å². The fourth-order valence-corrected chi connectivity index (χ4v) is 2.78. The Hall–Kier alpha value is -1.46. The number of hydrogen-bond acceptors (Lipinski definition) is 4. The second-order valence-corrected chi connectivity index (χ2v) is 5.36. The van der Waals surface area contributed by atoms with Gasteiger partial charge in [-0.1, -0.05) is 25.0 Å². The Bertz CT molecular complexity index is 433. The molecule has 2 rings (SSSR count). The normalized spacial score (nSPS) is 22.6. The number of nitrogens with two attached hydrogens (primary N) is 1. The van der Waals surface area contributed by atoms with Gasteiger partial charge in [0.1, 0.15) is 0 Å². The van der Waals surface area contributed by atoms with Gasteiger partial charge in [-0.05, 0) is 37.3 Å². The molecule has 2 N–H and O–H groups in total. The van der Waals surface area contributed by atoms with Gasteiger partial charge in [0.05, 0.1) is 17.6 Å². The Morgan fingerprint density at radius 2 is 1.95 bits per heavy atom. The van der Waals surface area contributed by atoms with Crippen LogP contribution in [0.5, 0.6) is 0 Å². The molecule has 0 spiro atoms. The maximum absolute atomic E-state index is 10.6. The van der Waals surface area contributed by atoms with Gasteiger partial charge >= 0.3 is 0 Å². The molecule has 0 saturated heterocycles. The summed E-state index contributed by atoms with van der Waals surface area (Å²) in [6, 6.07) is 6.67. The number of rotatable bonds is 6. The molecule has 0 aliphatic heterocycles. The number of hydrogen-bond donors (Lipinski definition) is 1. The lowest BCUT2D eigenvalue weighted by atomic mass is 9.86. The highest BCUT2D eigenvalue weighted by Gasteiger charge is 2.24. The van der Waals surface area contributed by atoms with Crippen LogP contribution in [-0.4, -0.2) is 24.2 Å². The summed E-state index contributed by atoms with van der Waals surface area (Å²) in [5.74, 6) is 0.487. The van der Waals surface area contributed by atoms with Crippen molar-refractivity contribution >= 4 is 5.69 Å². The van der Waals surface area contributed by atoms with E-state index in [0.29, 0.717) is 19.1 Å². The van der Waals surface area contributed by atoms with Crippen molar-refractivity contribution in [3.63, 3.8) is 0 Å². The molecule has 1 aliphatic rings. The number of nitro groups is 1. The Kier molecular flexibility index (Phi) is 5.49. The molecule has 110 valence electrons.